The van der Waals surface area contributed by atoms with Crippen LogP contribution < -0.4 is 10.1 Å². The lowest BCUT2D eigenvalue weighted by atomic mass is 10.2. The molecule has 0 aliphatic heterocycles. The van der Waals surface area contributed by atoms with Gasteiger partial charge >= 0.3 is 0 Å². The lowest BCUT2D eigenvalue weighted by Gasteiger charge is -2.08. The van der Waals surface area contributed by atoms with Crippen LogP contribution >= 0.6 is 0 Å². The molecule has 0 spiro atoms. The number of carbonyl (C=O) groups excluding carboxylic acids is 1. The summed E-state index contributed by atoms with van der Waals surface area (Å²) in [4.78, 5) is 20.9. The third kappa shape index (κ3) is 3.00. The molecule has 0 aliphatic rings. The van der Waals surface area contributed by atoms with Crippen molar-refractivity contribution in [2.24, 2.45) is 0 Å². The van der Waals surface area contributed by atoms with E-state index in [2.05, 4.69) is 15.3 Å². The van der Waals surface area contributed by atoms with E-state index in [-0.39, 0.29) is 5.91 Å². The van der Waals surface area contributed by atoms with Gasteiger partial charge in [-0.1, -0.05) is 0 Å². The summed E-state index contributed by atoms with van der Waals surface area (Å²) in [5, 5.41) is 3.93. The summed E-state index contributed by atoms with van der Waals surface area (Å²) < 4.78 is 7.05. The highest BCUT2D eigenvalue weighted by molar-refractivity contribution is 6.04. The second kappa shape index (κ2) is 6.68. The number of carbonyl (C=O) groups is 1. The van der Waals surface area contributed by atoms with Gasteiger partial charge in [-0.05, 0) is 48.5 Å². The molecule has 26 heavy (non-hydrogen) atoms. The lowest BCUT2D eigenvalue weighted by Crippen LogP contribution is -2.12. The number of fused-ring (bicyclic) bond motifs is 1. The van der Waals surface area contributed by atoms with Crippen LogP contribution in [0.1, 0.15) is 10.4 Å². The van der Waals surface area contributed by atoms with Crippen molar-refractivity contribution in [1.82, 2.24) is 14.5 Å². The number of anilines is 1. The van der Waals surface area contributed by atoms with Crippen LogP contribution in [-0.4, -0.2) is 27.6 Å². The van der Waals surface area contributed by atoms with Crippen LogP contribution in [0, 0.1) is 0 Å². The minimum Gasteiger partial charge on any atom is -0.497 e. The fourth-order valence-corrected chi connectivity index (χ4v) is 2.71. The molecule has 0 aliphatic carbocycles. The summed E-state index contributed by atoms with van der Waals surface area (Å²) in [5.41, 5.74) is 2.15. The number of methoxy groups -OCH3 is 1. The first-order chi connectivity index (χ1) is 12.7. The summed E-state index contributed by atoms with van der Waals surface area (Å²) in [7, 11) is 1.60. The molecule has 0 saturated heterocycles. The van der Waals surface area contributed by atoms with E-state index in [4.69, 9.17) is 4.74 Å². The molecule has 1 N–H and O–H groups in total. The topological polar surface area (TPSA) is 69.0 Å². The van der Waals surface area contributed by atoms with Crippen LogP contribution in [0.3, 0.4) is 0 Å². The van der Waals surface area contributed by atoms with E-state index in [0.717, 1.165) is 22.5 Å². The Morgan fingerprint density at radius 1 is 1.04 bits per heavy atom. The van der Waals surface area contributed by atoms with Gasteiger partial charge in [0.05, 0.1) is 24.4 Å². The molecular weight excluding hydrogens is 328 g/mol. The number of rotatable bonds is 4. The van der Waals surface area contributed by atoms with E-state index < -0.39 is 0 Å². The second-order valence-corrected chi connectivity index (χ2v) is 5.71. The Hall–Kier alpha value is -3.67. The molecule has 0 fully saturated rings. The van der Waals surface area contributed by atoms with Gasteiger partial charge in [0.1, 0.15) is 11.6 Å². The lowest BCUT2D eigenvalue weighted by molar-refractivity contribution is 0.102. The van der Waals surface area contributed by atoms with Gasteiger partial charge in [0.25, 0.3) is 5.91 Å². The number of pyridine rings is 2. The molecule has 0 bridgehead atoms. The molecule has 0 atom stereocenters. The van der Waals surface area contributed by atoms with Crippen LogP contribution in [0.15, 0.2) is 73.3 Å². The predicted molar refractivity (Wildman–Crippen MR) is 99.8 cm³/mol. The number of benzene rings is 1. The molecule has 128 valence electrons. The first-order valence-corrected chi connectivity index (χ1v) is 8.07. The maximum Gasteiger partial charge on any atom is 0.257 e. The van der Waals surface area contributed by atoms with Crippen molar-refractivity contribution >= 4 is 22.5 Å². The summed E-state index contributed by atoms with van der Waals surface area (Å²) in [6.45, 7) is 0. The number of hydrogen-bond acceptors (Lipinski definition) is 4. The summed E-state index contributed by atoms with van der Waals surface area (Å²) in [5.74, 6) is 1.25. The summed E-state index contributed by atoms with van der Waals surface area (Å²) in [6, 6.07) is 14.7. The van der Waals surface area contributed by atoms with E-state index in [1.165, 1.54) is 0 Å². The van der Waals surface area contributed by atoms with Crippen molar-refractivity contribution in [3.05, 3.63) is 78.9 Å². The van der Waals surface area contributed by atoms with Crippen LogP contribution in [0.2, 0.25) is 0 Å². The van der Waals surface area contributed by atoms with E-state index in [1.54, 1.807) is 56.0 Å². The van der Waals surface area contributed by atoms with Crippen molar-refractivity contribution in [1.29, 1.82) is 0 Å². The van der Waals surface area contributed by atoms with Crippen molar-refractivity contribution in [3.8, 4) is 11.6 Å². The molecule has 6 nitrogen and oxygen atoms in total. The van der Waals surface area contributed by atoms with Crippen molar-refractivity contribution in [2.75, 3.05) is 12.4 Å². The van der Waals surface area contributed by atoms with Gasteiger partial charge in [0, 0.05) is 29.7 Å². The molecule has 3 heterocycles. The highest BCUT2D eigenvalue weighted by Crippen LogP contribution is 2.19. The van der Waals surface area contributed by atoms with Gasteiger partial charge in [0.2, 0.25) is 0 Å². The molecule has 6 heteroatoms. The Bertz CT molecular complexity index is 1050. The quantitative estimate of drug-likeness (QED) is 0.613. The summed E-state index contributed by atoms with van der Waals surface area (Å²) >= 11 is 0. The van der Waals surface area contributed by atoms with Crippen LogP contribution in [0.5, 0.6) is 5.75 Å². The Balaban J connectivity index is 1.54. The highest BCUT2D eigenvalue weighted by atomic mass is 16.5. The zero-order valence-corrected chi connectivity index (χ0v) is 14.1. The number of ether oxygens (including phenoxy) is 1. The molecule has 4 rings (SSSR count). The van der Waals surface area contributed by atoms with Gasteiger partial charge in [-0.2, -0.15) is 0 Å². The number of aromatic nitrogens is 3. The largest absolute Gasteiger partial charge is 0.497 e. The van der Waals surface area contributed by atoms with E-state index in [1.807, 2.05) is 29.0 Å². The maximum atomic E-state index is 12.4. The van der Waals surface area contributed by atoms with E-state index >= 15 is 0 Å². The van der Waals surface area contributed by atoms with Gasteiger partial charge in [-0.25, -0.2) is 4.98 Å². The molecule has 0 saturated carbocycles. The normalized spacial score (nSPS) is 10.7. The fraction of sp³-hybridized carbons (Fsp3) is 0.0500. The Morgan fingerprint density at radius 2 is 1.88 bits per heavy atom. The molecule has 1 aromatic carbocycles. The first kappa shape index (κ1) is 15.8. The van der Waals surface area contributed by atoms with Gasteiger partial charge in [-0.3, -0.25) is 14.3 Å². The summed E-state index contributed by atoms with van der Waals surface area (Å²) in [6.07, 6.45) is 7.05. The monoisotopic (exact) mass is 344 g/mol. The van der Waals surface area contributed by atoms with E-state index in [0.29, 0.717) is 11.3 Å². The average molecular weight is 344 g/mol. The number of nitrogens with zero attached hydrogens (tertiary/aromatic N) is 3. The van der Waals surface area contributed by atoms with Gasteiger partial charge in [-0.15, -0.1) is 0 Å². The Kier molecular flexibility index (Phi) is 4.07. The van der Waals surface area contributed by atoms with E-state index in [9.17, 15) is 4.79 Å². The first-order valence-electron chi connectivity index (χ1n) is 8.07. The minimum absolute atomic E-state index is 0.215. The van der Waals surface area contributed by atoms with Crippen molar-refractivity contribution in [3.63, 3.8) is 0 Å². The van der Waals surface area contributed by atoms with Crippen molar-refractivity contribution in [2.45, 2.75) is 0 Å². The zero-order valence-electron chi connectivity index (χ0n) is 14.1. The zero-order chi connectivity index (χ0) is 17.9. The highest BCUT2D eigenvalue weighted by Gasteiger charge is 2.09. The van der Waals surface area contributed by atoms with Gasteiger partial charge < -0.3 is 10.1 Å². The van der Waals surface area contributed by atoms with Crippen LogP contribution in [-0.2, 0) is 0 Å². The molecule has 0 radical (unpaired) electrons. The minimum atomic E-state index is -0.215. The standard InChI is InChI=1S/C20H16N4O2/c1-26-17-5-3-16(4-6-17)23-20(25)15-2-7-19(22-12-15)24-11-9-14-8-10-21-13-18(14)24/h2-13H,1H3,(H,23,25). The van der Waals surface area contributed by atoms with Crippen LogP contribution in [0.25, 0.3) is 16.7 Å². The average Bonchev–Trinajstić information content (AvgIpc) is 3.13. The number of amides is 1. The number of nitrogens with one attached hydrogen (secondary N) is 1. The second-order valence-electron chi connectivity index (χ2n) is 5.71. The Morgan fingerprint density at radius 3 is 2.62 bits per heavy atom. The fourth-order valence-electron chi connectivity index (χ4n) is 2.71. The van der Waals surface area contributed by atoms with Crippen molar-refractivity contribution < 1.29 is 9.53 Å². The van der Waals surface area contributed by atoms with Gasteiger partial charge in [0.15, 0.2) is 0 Å². The third-order valence-electron chi connectivity index (χ3n) is 4.10. The molecule has 1 amide bonds. The molecule has 3 aromatic heterocycles. The smallest absolute Gasteiger partial charge is 0.257 e. The molecule has 0 unspecified atom stereocenters. The maximum absolute atomic E-state index is 12.4. The molecular formula is C20H16N4O2. The number of hydrogen-bond donors (Lipinski definition) is 1. The Labute approximate surface area is 150 Å². The van der Waals surface area contributed by atoms with Crippen LogP contribution in [0.4, 0.5) is 5.69 Å². The predicted octanol–water partition coefficient (Wildman–Crippen LogP) is 3.68. The molecule has 4 aromatic rings. The third-order valence-corrected chi connectivity index (χ3v) is 4.10. The SMILES string of the molecule is COc1ccc(NC(=O)c2ccc(-n3ccc4ccncc43)nc2)cc1.